The number of amides is 1. The van der Waals surface area contributed by atoms with Crippen molar-refractivity contribution in [2.24, 2.45) is 0 Å². The maximum Gasteiger partial charge on any atom is 0.407 e. The first-order valence-electron chi connectivity index (χ1n) is 9.26. The molecule has 146 valence electrons. The number of carbonyl (C=O) groups excluding carboxylic acids is 1. The molecule has 0 saturated carbocycles. The highest BCUT2D eigenvalue weighted by Crippen LogP contribution is 2.25. The Kier molecular flexibility index (Phi) is 5.34. The summed E-state index contributed by atoms with van der Waals surface area (Å²) in [7, 11) is 0. The zero-order valence-corrected chi connectivity index (χ0v) is 16.5. The molecule has 0 radical (unpaired) electrons. The van der Waals surface area contributed by atoms with Gasteiger partial charge in [0.15, 0.2) is 5.82 Å². The lowest BCUT2D eigenvalue weighted by atomic mass is 10.2. The summed E-state index contributed by atoms with van der Waals surface area (Å²) in [5.74, 6) is 2.21. The maximum atomic E-state index is 12.0. The van der Waals surface area contributed by atoms with E-state index in [0.29, 0.717) is 18.3 Å². The number of alkyl carbamates (subject to hydrolysis) is 1. The van der Waals surface area contributed by atoms with Crippen molar-refractivity contribution in [2.45, 2.75) is 58.6 Å². The zero-order valence-electron chi connectivity index (χ0n) is 16.5. The molecule has 3 heterocycles. The van der Waals surface area contributed by atoms with Crippen LogP contribution in [0.1, 0.15) is 52.8 Å². The van der Waals surface area contributed by atoms with Gasteiger partial charge in [0.2, 0.25) is 0 Å². The highest BCUT2D eigenvalue weighted by Gasteiger charge is 2.27. The summed E-state index contributed by atoms with van der Waals surface area (Å²) < 4.78 is 10.7. The summed E-state index contributed by atoms with van der Waals surface area (Å²) in [4.78, 5) is 23.0. The van der Waals surface area contributed by atoms with E-state index in [1.54, 1.807) is 6.20 Å². The van der Waals surface area contributed by atoms with Gasteiger partial charge in [-0.2, -0.15) is 4.98 Å². The SMILES string of the molecule is CC(C)c1noc(-c2ccnc(N3CC[C@@H](NC(=O)OC(C)(C)C)C3)c2)n1. The quantitative estimate of drug-likeness (QED) is 0.878. The molecular weight excluding hydrogens is 346 g/mol. The van der Waals surface area contributed by atoms with E-state index in [2.05, 4.69) is 25.3 Å². The van der Waals surface area contributed by atoms with E-state index in [1.165, 1.54) is 0 Å². The molecule has 1 aliphatic rings. The van der Waals surface area contributed by atoms with Crippen LogP contribution in [0.15, 0.2) is 22.9 Å². The molecule has 0 aromatic carbocycles. The van der Waals surface area contributed by atoms with Crippen LogP contribution in [0, 0.1) is 0 Å². The Hall–Kier alpha value is -2.64. The lowest BCUT2D eigenvalue weighted by Crippen LogP contribution is -2.40. The van der Waals surface area contributed by atoms with Crippen molar-refractivity contribution >= 4 is 11.9 Å². The molecule has 0 bridgehead atoms. The summed E-state index contributed by atoms with van der Waals surface area (Å²) in [6.07, 6.45) is 2.19. The second kappa shape index (κ2) is 7.54. The van der Waals surface area contributed by atoms with Gasteiger partial charge >= 0.3 is 6.09 Å². The van der Waals surface area contributed by atoms with Crippen LogP contribution in [-0.2, 0) is 4.74 Å². The van der Waals surface area contributed by atoms with Gasteiger partial charge in [0.1, 0.15) is 11.4 Å². The molecule has 0 unspecified atom stereocenters. The van der Waals surface area contributed by atoms with Crippen LogP contribution >= 0.6 is 0 Å². The summed E-state index contributed by atoms with van der Waals surface area (Å²) in [5.41, 5.74) is 0.333. The van der Waals surface area contributed by atoms with Crippen molar-refractivity contribution in [1.29, 1.82) is 0 Å². The largest absolute Gasteiger partial charge is 0.444 e. The monoisotopic (exact) mass is 373 g/mol. The molecule has 27 heavy (non-hydrogen) atoms. The van der Waals surface area contributed by atoms with E-state index in [9.17, 15) is 4.79 Å². The normalized spacial score (nSPS) is 17.4. The molecule has 0 spiro atoms. The number of hydrogen-bond donors (Lipinski definition) is 1. The van der Waals surface area contributed by atoms with Gasteiger partial charge in [-0.1, -0.05) is 19.0 Å². The lowest BCUT2D eigenvalue weighted by molar-refractivity contribution is 0.0509. The molecule has 1 atom stereocenters. The van der Waals surface area contributed by atoms with Gasteiger partial charge in [0.05, 0.1) is 6.04 Å². The van der Waals surface area contributed by atoms with Gasteiger partial charge in [-0.05, 0) is 39.3 Å². The highest BCUT2D eigenvalue weighted by molar-refractivity contribution is 5.68. The molecule has 3 rings (SSSR count). The van der Waals surface area contributed by atoms with Crippen molar-refractivity contribution in [3.8, 4) is 11.5 Å². The van der Waals surface area contributed by atoms with Crippen molar-refractivity contribution < 1.29 is 14.1 Å². The van der Waals surface area contributed by atoms with E-state index in [-0.39, 0.29) is 18.1 Å². The number of hydrogen-bond acceptors (Lipinski definition) is 7. The van der Waals surface area contributed by atoms with Crippen LogP contribution in [0.25, 0.3) is 11.5 Å². The van der Waals surface area contributed by atoms with Crippen LogP contribution in [0.3, 0.4) is 0 Å². The fraction of sp³-hybridized carbons (Fsp3) is 0.579. The molecule has 8 heteroatoms. The van der Waals surface area contributed by atoms with Crippen molar-refractivity contribution in [1.82, 2.24) is 20.4 Å². The fourth-order valence-corrected chi connectivity index (χ4v) is 2.87. The van der Waals surface area contributed by atoms with E-state index in [4.69, 9.17) is 9.26 Å². The number of anilines is 1. The Labute approximate surface area is 159 Å². The Morgan fingerprint density at radius 2 is 2.19 bits per heavy atom. The molecule has 1 N–H and O–H groups in total. The van der Waals surface area contributed by atoms with E-state index < -0.39 is 5.60 Å². The number of nitrogens with one attached hydrogen (secondary N) is 1. The second-order valence-corrected chi connectivity index (χ2v) is 8.09. The van der Waals surface area contributed by atoms with Crippen LogP contribution in [0.4, 0.5) is 10.6 Å². The second-order valence-electron chi connectivity index (χ2n) is 8.09. The Morgan fingerprint density at radius 3 is 2.85 bits per heavy atom. The predicted molar refractivity (Wildman–Crippen MR) is 102 cm³/mol. The topological polar surface area (TPSA) is 93.4 Å². The van der Waals surface area contributed by atoms with Gasteiger partial charge in [-0.3, -0.25) is 0 Å². The van der Waals surface area contributed by atoms with E-state index >= 15 is 0 Å². The van der Waals surface area contributed by atoms with Gasteiger partial charge in [0, 0.05) is 30.8 Å². The Bertz CT molecular complexity index is 797. The molecular formula is C19H27N5O3. The summed E-state index contributed by atoms with van der Waals surface area (Å²) in [6, 6.07) is 3.82. The molecule has 1 amide bonds. The number of carbonyl (C=O) groups is 1. The third kappa shape index (κ3) is 4.96. The van der Waals surface area contributed by atoms with E-state index in [0.717, 1.165) is 24.3 Å². The summed E-state index contributed by atoms with van der Waals surface area (Å²) in [5, 5.41) is 6.94. The predicted octanol–water partition coefficient (Wildman–Crippen LogP) is 3.36. The standard InChI is InChI=1S/C19H27N5O3/c1-12(2)16-22-17(27-23-16)13-6-8-20-15(10-13)24-9-7-14(11-24)21-18(25)26-19(3,4)5/h6,8,10,12,14H,7,9,11H2,1-5H3,(H,21,25)/t14-/m1/s1. The number of aromatic nitrogens is 3. The highest BCUT2D eigenvalue weighted by atomic mass is 16.6. The van der Waals surface area contributed by atoms with Crippen LogP contribution in [-0.4, -0.2) is 46.0 Å². The summed E-state index contributed by atoms with van der Waals surface area (Å²) in [6.45, 7) is 11.1. The Balaban J connectivity index is 1.65. The van der Waals surface area contributed by atoms with Gasteiger partial charge in [-0.15, -0.1) is 0 Å². The van der Waals surface area contributed by atoms with E-state index in [1.807, 2.05) is 46.8 Å². The maximum absolute atomic E-state index is 12.0. The first kappa shape index (κ1) is 19.1. The first-order valence-corrected chi connectivity index (χ1v) is 9.26. The minimum atomic E-state index is -0.503. The zero-order chi connectivity index (χ0) is 19.6. The van der Waals surface area contributed by atoms with Crippen LogP contribution < -0.4 is 10.2 Å². The molecule has 2 aromatic rings. The van der Waals surface area contributed by atoms with Crippen molar-refractivity contribution in [2.75, 3.05) is 18.0 Å². The van der Waals surface area contributed by atoms with Gasteiger partial charge in [0.25, 0.3) is 5.89 Å². The number of rotatable bonds is 4. The molecule has 1 aliphatic heterocycles. The molecule has 1 fully saturated rings. The number of nitrogens with zero attached hydrogens (tertiary/aromatic N) is 4. The molecule has 1 saturated heterocycles. The van der Waals surface area contributed by atoms with Crippen molar-refractivity contribution in [3.05, 3.63) is 24.2 Å². The smallest absolute Gasteiger partial charge is 0.407 e. The third-order valence-electron chi connectivity index (χ3n) is 4.18. The number of ether oxygens (including phenoxy) is 1. The third-order valence-corrected chi connectivity index (χ3v) is 4.18. The minimum absolute atomic E-state index is 0.0289. The van der Waals surface area contributed by atoms with Crippen LogP contribution in [0.5, 0.6) is 0 Å². The Morgan fingerprint density at radius 1 is 1.41 bits per heavy atom. The van der Waals surface area contributed by atoms with Crippen molar-refractivity contribution in [3.63, 3.8) is 0 Å². The minimum Gasteiger partial charge on any atom is -0.444 e. The lowest BCUT2D eigenvalue weighted by Gasteiger charge is -2.22. The average Bonchev–Trinajstić information content (AvgIpc) is 3.22. The summed E-state index contributed by atoms with van der Waals surface area (Å²) >= 11 is 0. The first-order chi connectivity index (χ1) is 12.7. The molecule has 0 aliphatic carbocycles. The average molecular weight is 373 g/mol. The molecule has 8 nitrogen and oxygen atoms in total. The van der Waals surface area contributed by atoms with Gasteiger partial charge < -0.3 is 19.5 Å². The fourth-order valence-electron chi connectivity index (χ4n) is 2.87. The molecule has 2 aromatic heterocycles. The number of pyridine rings is 1. The van der Waals surface area contributed by atoms with Gasteiger partial charge in [-0.25, -0.2) is 9.78 Å². The van der Waals surface area contributed by atoms with Crippen LogP contribution in [0.2, 0.25) is 0 Å².